The van der Waals surface area contributed by atoms with Crippen LogP contribution in [0.1, 0.15) is 37.2 Å². The van der Waals surface area contributed by atoms with Crippen molar-refractivity contribution in [2.24, 2.45) is 5.73 Å². The van der Waals surface area contributed by atoms with E-state index in [-0.39, 0.29) is 0 Å². The minimum atomic E-state index is 0.416. The predicted molar refractivity (Wildman–Crippen MR) is 65.3 cm³/mol. The van der Waals surface area contributed by atoms with Gasteiger partial charge in [0.25, 0.3) is 0 Å². The van der Waals surface area contributed by atoms with Crippen LogP contribution in [0.25, 0.3) is 11.0 Å². The highest BCUT2D eigenvalue weighted by molar-refractivity contribution is 5.80. The van der Waals surface area contributed by atoms with E-state index in [1.165, 1.54) is 23.8 Å². The van der Waals surface area contributed by atoms with Gasteiger partial charge in [0.1, 0.15) is 5.65 Å². The fourth-order valence-corrected chi connectivity index (χ4v) is 2.75. The lowest BCUT2D eigenvalue weighted by Gasteiger charge is -2.25. The molecule has 1 aliphatic rings. The number of aromatic amines is 1. The highest BCUT2D eigenvalue weighted by Crippen LogP contribution is 2.35. The smallest absolute Gasteiger partial charge is 0.137 e. The van der Waals surface area contributed by atoms with Gasteiger partial charge in [-0.3, -0.25) is 0 Å². The first-order valence-corrected chi connectivity index (χ1v) is 6.02. The molecule has 2 aromatic rings. The number of H-pyrrole nitrogens is 1. The first-order chi connectivity index (χ1) is 7.84. The molecule has 84 valence electrons. The number of nitrogens with one attached hydrogen (secondary N) is 1. The van der Waals surface area contributed by atoms with Crippen LogP contribution in [0, 0.1) is 0 Å². The van der Waals surface area contributed by atoms with Crippen molar-refractivity contribution >= 4 is 11.0 Å². The van der Waals surface area contributed by atoms with Crippen LogP contribution in [-0.4, -0.2) is 16.0 Å². The zero-order chi connectivity index (χ0) is 11.0. The van der Waals surface area contributed by atoms with Crippen LogP contribution in [0.4, 0.5) is 0 Å². The number of rotatable bonds is 1. The van der Waals surface area contributed by atoms with Gasteiger partial charge in [-0.1, -0.05) is 0 Å². The molecule has 0 amide bonds. The summed E-state index contributed by atoms with van der Waals surface area (Å²) >= 11 is 0. The standard InChI is InChI=1S/C13H17N3/c14-10-5-3-9(4-6-10)12-8-16-13-11(12)2-1-7-15-13/h1-2,7-10H,3-6,14H2,(H,15,16)/t9-,10-. The Morgan fingerprint density at radius 3 is 2.88 bits per heavy atom. The van der Waals surface area contributed by atoms with Crippen molar-refractivity contribution in [3.05, 3.63) is 30.1 Å². The second-order valence-electron chi connectivity index (χ2n) is 4.76. The van der Waals surface area contributed by atoms with E-state index in [2.05, 4.69) is 22.2 Å². The van der Waals surface area contributed by atoms with Crippen molar-refractivity contribution in [2.75, 3.05) is 0 Å². The zero-order valence-electron chi connectivity index (χ0n) is 9.32. The summed E-state index contributed by atoms with van der Waals surface area (Å²) in [6, 6.07) is 4.58. The van der Waals surface area contributed by atoms with Gasteiger partial charge in [0.05, 0.1) is 0 Å². The molecule has 0 bridgehead atoms. The third-order valence-corrected chi connectivity index (χ3v) is 3.69. The molecule has 0 radical (unpaired) electrons. The molecule has 2 aromatic heterocycles. The Bertz CT molecular complexity index is 481. The molecule has 0 aromatic carbocycles. The average Bonchev–Trinajstić information content (AvgIpc) is 2.74. The maximum Gasteiger partial charge on any atom is 0.137 e. The van der Waals surface area contributed by atoms with Crippen molar-refractivity contribution in [1.82, 2.24) is 9.97 Å². The number of hydrogen-bond donors (Lipinski definition) is 2. The van der Waals surface area contributed by atoms with Crippen LogP contribution in [0.2, 0.25) is 0 Å². The predicted octanol–water partition coefficient (Wildman–Crippen LogP) is 2.55. The van der Waals surface area contributed by atoms with Crippen molar-refractivity contribution in [1.29, 1.82) is 0 Å². The molecule has 0 spiro atoms. The second-order valence-corrected chi connectivity index (χ2v) is 4.76. The van der Waals surface area contributed by atoms with Gasteiger partial charge < -0.3 is 10.7 Å². The Hall–Kier alpha value is -1.35. The number of aromatic nitrogens is 2. The Kier molecular flexibility index (Phi) is 2.40. The van der Waals surface area contributed by atoms with Gasteiger partial charge in [-0.05, 0) is 49.3 Å². The van der Waals surface area contributed by atoms with Crippen LogP contribution in [0.5, 0.6) is 0 Å². The van der Waals surface area contributed by atoms with Crippen LogP contribution >= 0.6 is 0 Å². The molecule has 0 aliphatic heterocycles. The van der Waals surface area contributed by atoms with E-state index in [0.29, 0.717) is 12.0 Å². The molecule has 1 saturated carbocycles. The summed E-state index contributed by atoms with van der Waals surface area (Å²) in [4.78, 5) is 7.59. The molecule has 0 atom stereocenters. The largest absolute Gasteiger partial charge is 0.346 e. The Balaban J connectivity index is 1.94. The zero-order valence-corrected chi connectivity index (χ0v) is 9.32. The fourth-order valence-electron chi connectivity index (χ4n) is 2.75. The molecule has 1 aliphatic carbocycles. The summed E-state index contributed by atoms with van der Waals surface area (Å²) in [5, 5.41) is 1.28. The molecule has 1 fully saturated rings. The summed E-state index contributed by atoms with van der Waals surface area (Å²) in [7, 11) is 0. The van der Waals surface area contributed by atoms with E-state index in [1.807, 2.05) is 12.3 Å². The lowest BCUT2D eigenvalue weighted by molar-refractivity contribution is 0.397. The van der Waals surface area contributed by atoms with E-state index < -0.39 is 0 Å². The number of fused-ring (bicyclic) bond motifs is 1. The minimum Gasteiger partial charge on any atom is -0.346 e. The SMILES string of the molecule is N[C@H]1CC[C@H](c2c[nH]c3ncccc32)CC1. The molecular formula is C13H17N3. The number of nitrogens with two attached hydrogens (primary N) is 1. The van der Waals surface area contributed by atoms with E-state index in [4.69, 9.17) is 5.73 Å². The summed E-state index contributed by atoms with van der Waals surface area (Å²) in [6.45, 7) is 0. The first kappa shape index (κ1) is 9.85. The lowest BCUT2D eigenvalue weighted by Crippen LogP contribution is -2.25. The molecule has 3 heteroatoms. The molecule has 2 heterocycles. The monoisotopic (exact) mass is 215 g/mol. The second kappa shape index (κ2) is 3.91. The van der Waals surface area contributed by atoms with Gasteiger partial charge in [-0.15, -0.1) is 0 Å². The first-order valence-electron chi connectivity index (χ1n) is 6.02. The van der Waals surface area contributed by atoms with E-state index in [1.54, 1.807) is 0 Å². The fraction of sp³-hybridized carbons (Fsp3) is 0.462. The van der Waals surface area contributed by atoms with Crippen LogP contribution in [-0.2, 0) is 0 Å². The summed E-state index contributed by atoms with van der Waals surface area (Å²) in [5.74, 6) is 0.665. The van der Waals surface area contributed by atoms with Gasteiger partial charge >= 0.3 is 0 Å². The quantitative estimate of drug-likeness (QED) is 0.768. The summed E-state index contributed by atoms with van der Waals surface area (Å²) in [5.41, 5.74) is 8.38. The highest BCUT2D eigenvalue weighted by atomic mass is 14.8. The maximum atomic E-state index is 5.94. The molecule has 3 N–H and O–H groups in total. The number of hydrogen-bond acceptors (Lipinski definition) is 2. The number of nitrogens with zero attached hydrogens (tertiary/aromatic N) is 1. The van der Waals surface area contributed by atoms with Crippen LogP contribution in [0.15, 0.2) is 24.5 Å². The Labute approximate surface area is 95.1 Å². The molecule has 16 heavy (non-hydrogen) atoms. The lowest BCUT2D eigenvalue weighted by atomic mass is 9.82. The molecule has 3 nitrogen and oxygen atoms in total. The molecule has 0 unspecified atom stereocenters. The molecule has 3 rings (SSSR count). The summed E-state index contributed by atoms with van der Waals surface area (Å²) < 4.78 is 0. The summed E-state index contributed by atoms with van der Waals surface area (Å²) in [6.07, 6.45) is 8.68. The van der Waals surface area contributed by atoms with Crippen molar-refractivity contribution in [3.63, 3.8) is 0 Å². The average molecular weight is 215 g/mol. The van der Waals surface area contributed by atoms with Gasteiger partial charge in [-0.2, -0.15) is 0 Å². The number of pyridine rings is 1. The van der Waals surface area contributed by atoms with Crippen molar-refractivity contribution in [2.45, 2.75) is 37.6 Å². The Morgan fingerprint density at radius 2 is 2.06 bits per heavy atom. The van der Waals surface area contributed by atoms with Crippen molar-refractivity contribution < 1.29 is 0 Å². The Morgan fingerprint density at radius 1 is 1.25 bits per heavy atom. The maximum absolute atomic E-state index is 5.94. The molecular weight excluding hydrogens is 198 g/mol. The van der Waals surface area contributed by atoms with Crippen molar-refractivity contribution in [3.8, 4) is 0 Å². The van der Waals surface area contributed by atoms with Crippen LogP contribution in [0.3, 0.4) is 0 Å². The molecule has 0 saturated heterocycles. The highest BCUT2D eigenvalue weighted by Gasteiger charge is 2.22. The van der Waals surface area contributed by atoms with Gasteiger partial charge in [-0.25, -0.2) is 4.98 Å². The third kappa shape index (κ3) is 1.61. The third-order valence-electron chi connectivity index (χ3n) is 3.69. The van der Waals surface area contributed by atoms with E-state index in [9.17, 15) is 0 Å². The van der Waals surface area contributed by atoms with E-state index >= 15 is 0 Å². The topological polar surface area (TPSA) is 54.7 Å². The minimum absolute atomic E-state index is 0.416. The van der Waals surface area contributed by atoms with Crippen LogP contribution < -0.4 is 5.73 Å². The van der Waals surface area contributed by atoms with E-state index in [0.717, 1.165) is 18.5 Å². The van der Waals surface area contributed by atoms with Gasteiger partial charge in [0.2, 0.25) is 0 Å². The van der Waals surface area contributed by atoms with Gasteiger partial charge in [0, 0.05) is 23.8 Å². The normalized spacial score (nSPS) is 26.1. The van der Waals surface area contributed by atoms with Gasteiger partial charge in [0.15, 0.2) is 0 Å².